The second kappa shape index (κ2) is 5.67. The van der Waals surface area contributed by atoms with E-state index in [9.17, 15) is 9.90 Å². The van der Waals surface area contributed by atoms with Gasteiger partial charge in [0.25, 0.3) is 0 Å². The number of halogens is 1. The minimum Gasteiger partial charge on any atom is -0.387 e. The highest BCUT2D eigenvalue weighted by atomic mass is 35.5. The molecule has 0 radical (unpaired) electrons. The maximum absolute atomic E-state index is 10.7. The van der Waals surface area contributed by atoms with E-state index in [1.807, 2.05) is 6.26 Å². The van der Waals surface area contributed by atoms with E-state index in [1.54, 1.807) is 6.92 Å². The molecule has 0 aromatic rings. The van der Waals surface area contributed by atoms with Crippen LogP contribution in [0.2, 0.25) is 0 Å². The van der Waals surface area contributed by atoms with Crippen molar-refractivity contribution < 1.29 is 9.90 Å². The van der Waals surface area contributed by atoms with Crippen LogP contribution in [-0.2, 0) is 4.79 Å². The quantitative estimate of drug-likeness (QED) is 0.650. The number of hydrogen-bond acceptors (Lipinski definition) is 3. The van der Waals surface area contributed by atoms with Crippen molar-refractivity contribution in [3.8, 4) is 0 Å². The van der Waals surface area contributed by atoms with Crippen LogP contribution in [0, 0.1) is 0 Å². The predicted octanol–water partition coefficient (Wildman–Crippen LogP) is 0.455. The number of carbonyl (C=O) groups is 1. The van der Waals surface area contributed by atoms with Crippen molar-refractivity contribution in [3.05, 3.63) is 0 Å². The highest BCUT2D eigenvalue weighted by Gasteiger charge is 2.19. The summed E-state index contributed by atoms with van der Waals surface area (Å²) in [6.07, 6.45) is 1.90. The monoisotopic (exact) mass is 211 g/mol. The smallest absolute Gasteiger partial charge is 0.235 e. The summed E-state index contributed by atoms with van der Waals surface area (Å²) in [6.45, 7) is 1.93. The van der Waals surface area contributed by atoms with Gasteiger partial charge in [0.15, 0.2) is 0 Å². The maximum atomic E-state index is 10.7. The predicted molar refractivity (Wildman–Crippen MR) is 52.7 cm³/mol. The minimum atomic E-state index is -0.846. The number of hydrogen-bond donors (Lipinski definition) is 2. The average molecular weight is 212 g/mol. The Morgan fingerprint density at radius 3 is 2.75 bits per heavy atom. The lowest BCUT2D eigenvalue weighted by molar-refractivity contribution is -0.119. The third kappa shape index (κ3) is 5.69. The molecule has 0 bridgehead atoms. The van der Waals surface area contributed by atoms with Crippen molar-refractivity contribution in [2.75, 3.05) is 24.4 Å². The Hall–Kier alpha value is 0.0700. The third-order valence-corrected chi connectivity index (χ3v) is 2.40. The fourth-order valence-electron chi connectivity index (χ4n) is 0.698. The molecule has 1 unspecified atom stereocenters. The molecule has 0 spiro atoms. The van der Waals surface area contributed by atoms with Crippen molar-refractivity contribution in [3.63, 3.8) is 0 Å². The van der Waals surface area contributed by atoms with Crippen molar-refractivity contribution in [1.29, 1.82) is 0 Å². The van der Waals surface area contributed by atoms with Gasteiger partial charge in [0, 0.05) is 12.3 Å². The summed E-state index contributed by atoms with van der Waals surface area (Å²) in [5.41, 5.74) is -0.846. The second-order valence-corrected chi connectivity index (χ2v) is 3.97. The molecule has 1 amide bonds. The lowest BCUT2D eigenvalue weighted by Gasteiger charge is -2.22. The molecule has 0 aliphatic carbocycles. The van der Waals surface area contributed by atoms with Crippen LogP contribution < -0.4 is 5.32 Å². The summed E-state index contributed by atoms with van der Waals surface area (Å²) in [4.78, 5) is 10.7. The van der Waals surface area contributed by atoms with Gasteiger partial charge in [-0.1, -0.05) is 0 Å². The van der Waals surface area contributed by atoms with Gasteiger partial charge in [0.2, 0.25) is 5.91 Å². The molecule has 0 saturated heterocycles. The van der Waals surface area contributed by atoms with Crippen molar-refractivity contribution >= 4 is 29.3 Å². The molecule has 0 rings (SSSR count). The van der Waals surface area contributed by atoms with E-state index in [2.05, 4.69) is 5.32 Å². The lowest BCUT2D eigenvalue weighted by atomic mass is 10.1. The fraction of sp³-hybridized carbons (Fsp3) is 0.857. The Morgan fingerprint density at radius 2 is 2.33 bits per heavy atom. The van der Waals surface area contributed by atoms with Crippen LogP contribution in [-0.4, -0.2) is 41.0 Å². The maximum Gasteiger partial charge on any atom is 0.235 e. The molecule has 5 heteroatoms. The van der Waals surface area contributed by atoms with Crippen LogP contribution in [0.25, 0.3) is 0 Å². The molecule has 72 valence electrons. The standard InChI is InChI=1S/C7H14ClNO2S/c1-7(11,5-12-2)4-9-6(10)3-8/h11H,3-5H2,1-2H3,(H,9,10). The SMILES string of the molecule is CSCC(C)(O)CNC(=O)CCl. The first-order valence-corrected chi connectivity index (χ1v) is 5.48. The average Bonchev–Trinajstić information content (AvgIpc) is 2.00. The van der Waals surface area contributed by atoms with Gasteiger partial charge in [0.05, 0.1) is 5.60 Å². The van der Waals surface area contributed by atoms with Crippen LogP contribution in [0.15, 0.2) is 0 Å². The number of amides is 1. The number of carbonyl (C=O) groups excluding carboxylic acids is 1. The number of aliphatic hydroxyl groups is 1. The molecular weight excluding hydrogens is 198 g/mol. The zero-order valence-electron chi connectivity index (χ0n) is 7.26. The zero-order valence-corrected chi connectivity index (χ0v) is 8.84. The highest BCUT2D eigenvalue weighted by molar-refractivity contribution is 7.98. The van der Waals surface area contributed by atoms with Crippen LogP contribution in [0.3, 0.4) is 0 Å². The summed E-state index contributed by atoms with van der Waals surface area (Å²) in [5, 5.41) is 12.1. The Bertz CT molecular complexity index is 152. The van der Waals surface area contributed by atoms with Gasteiger partial charge >= 0.3 is 0 Å². The van der Waals surface area contributed by atoms with Crippen molar-refractivity contribution in [2.45, 2.75) is 12.5 Å². The van der Waals surface area contributed by atoms with Gasteiger partial charge in [0.1, 0.15) is 5.88 Å². The van der Waals surface area contributed by atoms with Gasteiger partial charge in [-0.2, -0.15) is 11.8 Å². The summed E-state index contributed by atoms with van der Waals surface area (Å²) in [5.74, 6) is 0.281. The topological polar surface area (TPSA) is 49.3 Å². The molecule has 0 aliphatic heterocycles. The van der Waals surface area contributed by atoms with Crippen LogP contribution >= 0.6 is 23.4 Å². The molecule has 0 aromatic carbocycles. The van der Waals surface area contributed by atoms with E-state index < -0.39 is 5.60 Å². The Kier molecular flexibility index (Phi) is 5.70. The fourth-order valence-corrected chi connectivity index (χ4v) is 1.52. The third-order valence-electron chi connectivity index (χ3n) is 1.24. The van der Waals surface area contributed by atoms with Crippen LogP contribution in [0.1, 0.15) is 6.92 Å². The molecule has 1 atom stereocenters. The van der Waals surface area contributed by atoms with Crippen LogP contribution in [0.4, 0.5) is 0 Å². The van der Waals surface area contributed by atoms with Gasteiger partial charge in [-0.05, 0) is 13.2 Å². The first-order valence-electron chi connectivity index (χ1n) is 3.56. The Balaban J connectivity index is 3.67. The van der Waals surface area contributed by atoms with E-state index in [1.165, 1.54) is 11.8 Å². The Labute approximate surface area is 81.9 Å². The van der Waals surface area contributed by atoms with Crippen molar-refractivity contribution in [1.82, 2.24) is 5.32 Å². The molecule has 12 heavy (non-hydrogen) atoms. The molecule has 0 saturated carbocycles. The van der Waals surface area contributed by atoms with Crippen molar-refractivity contribution in [2.24, 2.45) is 0 Å². The second-order valence-electron chi connectivity index (χ2n) is 2.84. The normalized spacial score (nSPS) is 15.3. The molecular formula is C7H14ClNO2S. The summed E-state index contributed by atoms with van der Waals surface area (Å²) >= 11 is 6.79. The first-order chi connectivity index (χ1) is 5.52. The number of rotatable bonds is 5. The molecule has 0 heterocycles. The lowest BCUT2D eigenvalue weighted by Crippen LogP contribution is -2.42. The van der Waals surface area contributed by atoms with Gasteiger partial charge in [-0.25, -0.2) is 0 Å². The molecule has 0 aromatic heterocycles. The van der Waals surface area contributed by atoms with Gasteiger partial charge in [-0.3, -0.25) is 4.79 Å². The summed E-state index contributed by atoms with van der Waals surface area (Å²) in [7, 11) is 0. The van der Waals surface area contributed by atoms with Gasteiger partial charge in [-0.15, -0.1) is 11.6 Å². The molecule has 3 nitrogen and oxygen atoms in total. The Morgan fingerprint density at radius 1 is 1.75 bits per heavy atom. The number of thioether (sulfide) groups is 1. The van der Waals surface area contributed by atoms with Crippen LogP contribution in [0.5, 0.6) is 0 Å². The zero-order chi connectivity index (χ0) is 9.61. The van der Waals surface area contributed by atoms with E-state index in [-0.39, 0.29) is 18.3 Å². The van der Waals surface area contributed by atoms with E-state index >= 15 is 0 Å². The first kappa shape index (κ1) is 12.1. The largest absolute Gasteiger partial charge is 0.387 e. The number of nitrogens with one attached hydrogen (secondary N) is 1. The van der Waals surface area contributed by atoms with Gasteiger partial charge < -0.3 is 10.4 Å². The minimum absolute atomic E-state index is 0.0602. The molecule has 2 N–H and O–H groups in total. The summed E-state index contributed by atoms with van der Waals surface area (Å²) < 4.78 is 0. The molecule has 0 fully saturated rings. The number of alkyl halides is 1. The highest BCUT2D eigenvalue weighted by Crippen LogP contribution is 2.08. The molecule has 0 aliphatic rings. The van der Waals surface area contributed by atoms with E-state index in [4.69, 9.17) is 11.6 Å². The summed E-state index contributed by atoms with van der Waals surface area (Å²) in [6, 6.07) is 0. The van der Waals surface area contributed by atoms with E-state index in [0.29, 0.717) is 5.75 Å². The van der Waals surface area contributed by atoms with E-state index in [0.717, 1.165) is 0 Å².